The summed E-state index contributed by atoms with van der Waals surface area (Å²) < 4.78 is 4.63. The van der Waals surface area contributed by atoms with E-state index in [0.717, 1.165) is 72.7 Å². The minimum Gasteiger partial charge on any atom is -0.478 e. The number of aliphatic hydroxyl groups is 1. The lowest BCUT2D eigenvalue weighted by atomic mass is 10.2. The second kappa shape index (κ2) is 49.7. The lowest BCUT2D eigenvalue weighted by Crippen LogP contribution is -2.21. The summed E-state index contributed by atoms with van der Waals surface area (Å²) in [5.74, 6) is -1.23. The molecule has 5 rings (SSSR count). The number of carboxylic acids is 1. The molecule has 0 aliphatic heterocycles. The number of nitrogens with zero attached hydrogens (tertiary/aromatic N) is 8. The first-order chi connectivity index (χ1) is 39.5. The molecule has 0 bridgehead atoms. The second-order valence-electron chi connectivity index (χ2n) is 17.5. The Labute approximate surface area is 493 Å². The summed E-state index contributed by atoms with van der Waals surface area (Å²) in [6, 6.07) is 39.8. The highest BCUT2D eigenvalue weighted by molar-refractivity contribution is 5.86. The van der Waals surface area contributed by atoms with Gasteiger partial charge in [-0.2, -0.15) is 30.7 Å². The van der Waals surface area contributed by atoms with Crippen molar-refractivity contribution >= 4 is 46.1 Å². The van der Waals surface area contributed by atoms with Crippen molar-refractivity contribution in [2.75, 3.05) is 57.1 Å². The van der Waals surface area contributed by atoms with Crippen molar-refractivity contribution in [1.82, 2.24) is 4.90 Å². The van der Waals surface area contributed by atoms with Gasteiger partial charge in [-0.3, -0.25) is 0 Å². The first-order valence-electron chi connectivity index (χ1n) is 28.3. The Balaban J connectivity index is 0. The van der Waals surface area contributed by atoms with Crippen LogP contribution in [0.2, 0.25) is 0 Å². The molecule has 14 heteroatoms. The molecule has 0 atom stereocenters. The van der Waals surface area contributed by atoms with E-state index in [9.17, 15) is 9.59 Å². The number of carbonyl (C=O) groups is 2. The summed E-state index contributed by atoms with van der Waals surface area (Å²) in [4.78, 5) is 25.4. The largest absolute Gasteiger partial charge is 0.478 e. The smallest absolute Gasteiger partial charge is 0.331 e. The van der Waals surface area contributed by atoms with E-state index in [2.05, 4.69) is 123 Å². The summed E-state index contributed by atoms with van der Waals surface area (Å²) in [5.41, 5.74) is 18.2. The van der Waals surface area contributed by atoms with Crippen molar-refractivity contribution in [2.45, 2.75) is 116 Å². The third-order valence-corrected chi connectivity index (χ3v) is 11.1. The van der Waals surface area contributed by atoms with Crippen LogP contribution >= 0.6 is 0 Å². The van der Waals surface area contributed by atoms with Crippen molar-refractivity contribution < 1.29 is 24.5 Å². The third kappa shape index (κ3) is 37.5. The number of hydrogen-bond acceptors (Lipinski definition) is 13. The fourth-order valence-corrected chi connectivity index (χ4v) is 6.57. The molecule has 0 amide bonds. The van der Waals surface area contributed by atoms with Crippen molar-refractivity contribution in [1.29, 1.82) is 0 Å². The number of hydrogen-bond donors (Lipinski definition) is 3. The number of unbranched alkanes of at least 4 members (excludes halogenated alkanes) is 1. The second-order valence-corrected chi connectivity index (χ2v) is 17.5. The fourth-order valence-electron chi connectivity index (χ4n) is 6.57. The van der Waals surface area contributed by atoms with Gasteiger partial charge < -0.3 is 30.5 Å². The number of carbonyl (C=O) groups excluding carboxylic acids is 1. The molecule has 82 heavy (non-hydrogen) atoms. The monoisotopic (exact) mass is 1120 g/mol. The Bertz CT molecular complexity index is 2720. The summed E-state index contributed by atoms with van der Waals surface area (Å²) in [6.07, 6.45) is 15.4. The number of nitrogens with two attached hydrogens (primary N) is 1. The predicted octanol–water partition coefficient (Wildman–Crippen LogP) is 18.8. The quantitative estimate of drug-likeness (QED) is 0.0152. The van der Waals surface area contributed by atoms with Gasteiger partial charge in [-0.25, -0.2) is 9.59 Å². The van der Waals surface area contributed by atoms with Gasteiger partial charge in [0.25, 0.3) is 0 Å². The average molecular weight is 1120 g/mol. The van der Waals surface area contributed by atoms with Crippen LogP contribution in [0, 0.1) is 27.7 Å². The zero-order chi connectivity index (χ0) is 61.9. The Morgan fingerprint density at radius 3 is 1.78 bits per heavy atom. The number of nitrogen functional groups attached to an aromatic ring is 1. The molecule has 5 aromatic carbocycles. The lowest BCUT2D eigenvalue weighted by molar-refractivity contribution is -0.138. The molecular formula is C68H97N9O5. The zero-order valence-electron chi connectivity index (χ0n) is 51.8. The molecule has 5 aromatic rings. The molecule has 0 saturated heterocycles. The summed E-state index contributed by atoms with van der Waals surface area (Å²) in [7, 11) is 1.67. The molecule has 0 saturated carbocycles. The summed E-state index contributed by atoms with van der Waals surface area (Å²) in [5, 5.41) is 41.1. The Kier molecular flexibility index (Phi) is 45.9. The van der Waals surface area contributed by atoms with Crippen LogP contribution in [0.25, 0.3) is 0 Å². The number of carboxylic acid groups (broad SMARTS) is 1. The Morgan fingerprint density at radius 2 is 1.28 bits per heavy atom. The Morgan fingerprint density at radius 1 is 0.683 bits per heavy atom. The van der Waals surface area contributed by atoms with Crippen LogP contribution in [0.3, 0.4) is 0 Å². The van der Waals surface area contributed by atoms with Crippen molar-refractivity contribution in [3.8, 4) is 0 Å². The molecule has 14 nitrogen and oxygen atoms in total. The summed E-state index contributed by atoms with van der Waals surface area (Å²) >= 11 is 0. The number of ether oxygens (including phenoxy) is 1. The number of aliphatic carboxylic acids is 1. The van der Waals surface area contributed by atoms with Crippen LogP contribution in [0.1, 0.15) is 110 Å². The molecule has 0 aliphatic carbocycles. The number of aliphatic hydroxyl groups excluding tert-OH is 1. The topological polar surface area (TPSA) is 190 Å². The van der Waals surface area contributed by atoms with E-state index in [0.29, 0.717) is 37.1 Å². The maximum atomic E-state index is 10.4. The highest BCUT2D eigenvalue weighted by Gasteiger charge is 2.03. The van der Waals surface area contributed by atoms with E-state index in [1.807, 2.05) is 171 Å². The average Bonchev–Trinajstić information content (AvgIpc) is 3.49. The molecule has 0 spiro atoms. The number of azo groups is 3. The zero-order valence-corrected chi connectivity index (χ0v) is 51.8. The van der Waals surface area contributed by atoms with Crippen LogP contribution < -0.4 is 10.6 Å². The maximum absolute atomic E-state index is 10.4. The van der Waals surface area contributed by atoms with E-state index in [1.165, 1.54) is 28.1 Å². The minimum absolute atomic E-state index is 0.144. The van der Waals surface area contributed by atoms with Gasteiger partial charge in [0.15, 0.2) is 0 Å². The molecule has 4 N–H and O–H groups in total. The van der Waals surface area contributed by atoms with Gasteiger partial charge in [0.1, 0.15) is 0 Å². The molecular weight excluding hydrogens is 1020 g/mol. The fraction of sp³-hybridized carbons (Fsp3) is 0.353. The molecule has 0 unspecified atom stereocenters. The van der Waals surface area contributed by atoms with Gasteiger partial charge in [-0.05, 0) is 178 Å². The van der Waals surface area contributed by atoms with Gasteiger partial charge in [-0.1, -0.05) is 131 Å². The highest BCUT2D eigenvalue weighted by atomic mass is 16.5. The van der Waals surface area contributed by atoms with E-state index >= 15 is 0 Å². The predicted molar refractivity (Wildman–Crippen MR) is 347 cm³/mol. The van der Waals surface area contributed by atoms with E-state index in [-0.39, 0.29) is 6.61 Å². The first-order valence-corrected chi connectivity index (χ1v) is 28.3. The number of aryl methyl sites for hydroxylation is 4. The van der Waals surface area contributed by atoms with Crippen LogP contribution in [0.15, 0.2) is 225 Å². The molecule has 0 heterocycles. The van der Waals surface area contributed by atoms with E-state index in [4.69, 9.17) is 15.9 Å². The summed E-state index contributed by atoms with van der Waals surface area (Å²) in [6.45, 7) is 38.5. The SMILES string of the molecule is C=C(/C=C\C(=C/C)N(CC)CC)N=Nc1cccc(C)c1.C=CC(=O)OCCCCO.CC.CC/C=C\C=C(/CC)C(=O)O.CCN(CC)c1ccc(C)cc1.CN=Nc1ccc(C)cc1.Cc1cc(N)ccc1N=Nc1ccccc1. The standard InChI is InChI=1S/C18H25N3.C13H13N3.C11H17N.C9H14O2.C8H10N2.C7H12O3.C2H6/c1-6-18(21(7-2)8-3)13-12-16(5)19-20-17-11-9-10-15(4)14-17;1-10-9-11(14)7-8-13(10)16-15-12-5-3-2-4-6-12;1-4-12(5-2)11-8-6-10(3)7-9-11;1-3-5-6-7-8(4-2)9(10)11;1-7-3-5-8(6-4-7)10-9-2;1-2-7(9)10-6-4-3-5-8;1-2/h6,9-14H,5,7-8H2,1-4H3;2-9H,14H2,1H3;6-9H,4-5H2,1-3H3;5-7H,3-4H2,1-2H3,(H,10,11);3-6H,1-2H3;2,8H,1,3-6H2;1-2H3/b13-12-,18-6+,20-19?;;;6-5-,8-7+;;;. The number of benzene rings is 5. The molecule has 0 aromatic heterocycles. The number of allylic oxidation sites excluding steroid dienone is 6. The van der Waals surface area contributed by atoms with Crippen LogP contribution in [-0.2, 0) is 14.3 Å². The van der Waals surface area contributed by atoms with E-state index in [1.54, 1.807) is 19.2 Å². The van der Waals surface area contributed by atoms with Crippen molar-refractivity contribution in [3.05, 3.63) is 216 Å². The van der Waals surface area contributed by atoms with Gasteiger partial charge >= 0.3 is 11.9 Å². The van der Waals surface area contributed by atoms with Crippen LogP contribution in [0.5, 0.6) is 0 Å². The maximum Gasteiger partial charge on any atom is 0.331 e. The number of anilines is 2. The molecule has 444 valence electrons. The molecule has 0 aliphatic rings. The highest BCUT2D eigenvalue weighted by Crippen LogP contribution is 2.24. The van der Waals surface area contributed by atoms with Gasteiger partial charge in [-0.15, -0.1) is 0 Å². The first kappa shape index (κ1) is 75.7. The van der Waals surface area contributed by atoms with Crippen molar-refractivity contribution in [2.24, 2.45) is 30.7 Å². The number of esters is 1. The number of likely N-dealkylation sites (N-methyl/N-ethyl adjacent to an activating group) is 1. The Hall–Kier alpha value is -8.36. The third-order valence-electron chi connectivity index (χ3n) is 11.1. The van der Waals surface area contributed by atoms with Crippen molar-refractivity contribution in [3.63, 3.8) is 0 Å². The van der Waals surface area contributed by atoms with E-state index < -0.39 is 11.9 Å². The van der Waals surface area contributed by atoms with Gasteiger partial charge in [0.2, 0.25) is 0 Å². The molecule has 0 radical (unpaired) electrons. The van der Waals surface area contributed by atoms with Gasteiger partial charge in [0, 0.05) is 68.6 Å². The van der Waals surface area contributed by atoms with Gasteiger partial charge in [0.05, 0.1) is 35.1 Å². The lowest BCUT2D eigenvalue weighted by Gasteiger charge is -2.21. The number of rotatable bonds is 22. The van der Waals surface area contributed by atoms with Crippen LogP contribution in [-0.4, -0.2) is 73.5 Å². The minimum atomic E-state index is -0.826. The van der Waals surface area contributed by atoms with Crippen LogP contribution in [0.4, 0.5) is 34.1 Å². The normalized spacial score (nSPS) is 10.8. The molecule has 0 fully saturated rings.